The number of carboxylic acid groups (broad SMARTS) is 2. The van der Waals surface area contributed by atoms with Gasteiger partial charge in [-0.25, -0.2) is 9.59 Å². The molecule has 3 rings (SSSR count). The van der Waals surface area contributed by atoms with Crippen LogP contribution in [0.15, 0.2) is 35.0 Å². The van der Waals surface area contributed by atoms with E-state index in [0.29, 0.717) is 6.54 Å². The fraction of sp³-hybridized carbons (Fsp3) is 0.550. The number of nitrogens with zero attached hydrogens (tertiary/aromatic N) is 1. The summed E-state index contributed by atoms with van der Waals surface area (Å²) in [5.41, 5.74) is 0. The molecule has 0 spiro atoms. The summed E-state index contributed by atoms with van der Waals surface area (Å²) in [6.45, 7) is 3.81. The van der Waals surface area contributed by atoms with E-state index in [9.17, 15) is 4.79 Å². The first-order chi connectivity index (χ1) is 13.5. The van der Waals surface area contributed by atoms with E-state index < -0.39 is 11.9 Å². The van der Waals surface area contributed by atoms with Gasteiger partial charge in [0.25, 0.3) is 0 Å². The fourth-order valence-electron chi connectivity index (χ4n) is 3.50. The first kappa shape index (κ1) is 21.7. The van der Waals surface area contributed by atoms with Gasteiger partial charge in [-0.2, -0.15) is 0 Å². The van der Waals surface area contributed by atoms with Gasteiger partial charge >= 0.3 is 11.9 Å². The summed E-state index contributed by atoms with van der Waals surface area (Å²) < 4.78 is 5.24. The highest BCUT2D eigenvalue weighted by Crippen LogP contribution is 2.23. The van der Waals surface area contributed by atoms with E-state index in [2.05, 4.69) is 22.4 Å². The van der Waals surface area contributed by atoms with Crippen LogP contribution in [-0.4, -0.2) is 52.6 Å². The van der Waals surface area contributed by atoms with Crippen LogP contribution in [0.3, 0.4) is 0 Å². The number of hydrogen-bond acceptors (Lipinski definition) is 5. The molecule has 1 aliphatic carbocycles. The zero-order valence-corrected chi connectivity index (χ0v) is 15.9. The second kappa shape index (κ2) is 11.3. The number of hydrogen-bond donors (Lipinski definition) is 3. The van der Waals surface area contributed by atoms with Crippen molar-refractivity contribution in [1.29, 1.82) is 0 Å². The Morgan fingerprint density at radius 3 is 2.36 bits per heavy atom. The van der Waals surface area contributed by atoms with Crippen molar-refractivity contribution >= 4 is 17.8 Å². The summed E-state index contributed by atoms with van der Waals surface area (Å²) in [6, 6.07) is 3.74. The molecule has 28 heavy (non-hydrogen) atoms. The van der Waals surface area contributed by atoms with E-state index in [1.807, 2.05) is 12.1 Å². The molecule has 0 bridgehead atoms. The van der Waals surface area contributed by atoms with Crippen molar-refractivity contribution in [1.82, 2.24) is 10.2 Å². The molecule has 1 atom stereocenters. The minimum absolute atomic E-state index is 0.164. The van der Waals surface area contributed by atoms with Gasteiger partial charge in [-0.05, 0) is 63.2 Å². The summed E-state index contributed by atoms with van der Waals surface area (Å²) in [6.07, 6.45) is 12.0. The van der Waals surface area contributed by atoms with Crippen LogP contribution in [0.1, 0.15) is 37.9 Å². The molecule has 1 unspecified atom stereocenters. The maximum Gasteiger partial charge on any atom is 0.414 e. The Morgan fingerprint density at radius 2 is 1.82 bits per heavy atom. The summed E-state index contributed by atoms with van der Waals surface area (Å²) in [7, 11) is 0. The summed E-state index contributed by atoms with van der Waals surface area (Å²) in [5, 5.41) is 17.8. The quantitative estimate of drug-likeness (QED) is 0.518. The highest BCUT2D eigenvalue weighted by molar-refractivity contribution is 6.27. The smallest absolute Gasteiger partial charge is 0.414 e. The van der Waals surface area contributed by atoms with Crippen molar-refractivity contribution in [2.75, 3.05) is 19.6 Å². The van der Waals surface area contributed by atoms with Crippen molar-refractivity contribution < 1.29 is 29.0 Å². The van der Waals surface area contributed by atoms with Gasteiger partial charge in [-0.1, -0.05) is 12.2 Å². The number of aliphatic carboxylic acids is 2. The van der Waals surface area contributed by atoms with Crippen LogP contribution < -0.4 is 5.32 Å². The van der Waals surface area contributed by atoms with Gasteiger partial charge in [-0.3, -0.25) is 4.79 Å². The molecular formula is C20H28N2O6. The largest absolute Gasteiger partial charge is 0.473 e. The maximum atomic E-state index is 12.2. The van der Waals surface area contributed by atoms with Crippen LogP contribution in [0.25, 0.3) is 0 Å². The number of likely N-dealkylation sites (tertiary alicyclic amines) is 1. The van der Waals surface area contributed by atoms with Gasteiger partial charge in [0.2, 0.25) is 5.91 Å². The van der Waals surface area contributed by atoms with Crippen molar-refractivity contribution in [2.45, 2.75) is 38.6 Å². The molecule has 1 aromatic heterocycles. The average molecular weight is 392 g/mol. The second-order valence-electron chi connectivity index (χ2n) is 7.13. The zero-order chi connectivity index (χ0) is 20.4. The van der Waals surface area contributed by atoms with Crippen LogP contribution in [0.4, 0.5) is 0 Å². The molecule has 1 amide bonds. The van der Waals surface area contributed by atoms with Crippen LogP contribution in [0, 0.1) is 11.8 Å². The van der Waals surface area contributed by atoms with E-state index in [1.165, 1.54) is 25.8 Å². The number of carboxylic acids is 2. The van der Waals surface area contributed by atoms with Crippen molar-refractivity contribution in [3.63, 3.8) is 0 Å². The predicted octanol–water partition coefficient (Wildman–Crippen LogP) is 2.12. The second-order valence-corrected chi connectivity index (χ2v) is 7.13. The van der Waals surface area contributed by atoms with E-state index >= 15 is 0 Å². The van der Waals surface area contributed by atoms with Crippen molar-refractivity contribution in [3.8, 4) is 0 Å². The third-order valence-electron chi connectivity index (χ3n) is 5.05. The highest BCUT2D eigenvalue weighted by atomic mass is 16.4. The minimum atomic E-state index is -1.82. The lowest BCUT2D eigenvalue weighted by Gasteiger charge is -2.34. The monoisotopic (exact) mass is 392 g/mol. The Hall–Kier alpha value is -2.61. The predicted molar refractivity (Wildman–Crippen MR) is 101 cm³/mol. The van der Waals surface area contributed by atoms with E-state index in [4.69, 9.17) is 24.2 Å². The van der Waals surface area contributed by atoms with Gasteiger partial charge in [0, 0.05) is 12.5 Å². The molecule has 0 saturated carbocycles. The number of carbonyl (C=O) groups excluding carboxylic acids is 1. The molecule has 1 fully saturated rings. The lowest BCUT2D eigenvalue weighted by molar-refractivity contribution is -0.159. The first-order valence-corrected chi connectivity index (χ1v) is 9.59. The standard InChI is InChI=1S/C18H26N2O2.C2H2O4/c21-18(19-13-17-7-4-12-22-17)16-8-10-20(11-9-16)14-15-5-2-1-3-6-15;3-1(4)2(5)6/h1-2,4,7,12,15-16H,3,5-6,8-11,13-14H2,(H,19,21);(H,3,4)(H,5,6). The molecule has 8 nitrogen and oxygen atoms in total. The van der Waals surface area contributed by atoms with Gasteiger partial charge in [0.15, 0.2) is 0 Å². The average Bonchev–Trinajstić information content (AvgIpc) is 3.21. The molecule has 1 aromatic rings. The van der Waals surface area contributed by atoms with Crippen LogP contribution >= 0.6 is 0 Å². The number of rotatable bonds is 5. The normalized spacial score (nSPS) is 20.1. The number of allylic oxidation sites excluding steroid dienone is 2. The van der Waals surface area contributed by atoms with Crippen molar-refractivity contribution in [3.05, 3.63) is 36.3 Å². The first-order valence-electron chi connectivity index (χ1n) is 9.59. The van der Waals surface area contributed by atoms with Gasteiger partial charge in [-0.15, -0.1) is 0 Å². The zero-order valence-electron chi connectivity index (χ0n) is 15.9. The lowest BCUT2D eigenvalue weighted by Crippen LogP contribution is -2.42. The topological polar surface area (TPSA) is 120 Å². The highest BCUT2D eigenvalue weighted by Gasteiger charge is 2.26. The Kier molecular flexibility index (Phi) is 8.74. The van der Waals surface area contributed by atoms with E-state index in [0.717, 1.165) is 37.6 Å². The third kappa shape index (κ3) is 7.56. The molecule has 1 aliphatic heterocycles. The summed E-state index contributed by atoms with van der Waals surface area (Å²) in [5.74, 6) is -1.68. The number of piperidine rings is 1. The Balaban J connectivity index is 0.000000409. The fourth-order valence-corrected chi connectivity index (χ4v) is 3.50. The molecule has 154 valence electrons. The number of furan rings is 1. The van der Waals surface area contributed by atoms with Crippen LogP contribution in [0.5, 0.6) is 0 Å². The maximum absolute atomic E-state index is 12.2. The van der Waals surface area contributed by atoms with Gasteiger partial charge in [0.05, 0.1) is 12.8 Å². The molecule has 2 heterocycles. The number of carbonyl (C=O) groups is 3. The molecule has 1 saturated heterocycles. The molecule has 2 aliphatic rings. The molecule has 0 radical (unpaired) electrons. The molecule has 0 aromatic carbocycles. The van der Waals surface area contributed by atoms with E-state index in [1.54, 1.807) is 6.26 Å². The van der Waals surface area contributed by atoms with Crippen LogP contribution in [0.2, 0.25) is 0 Å². The summed E-state index contributed by atoms with van der Waals surface area (Å²) in [4.78, 5) is 33.0. The van der Waals surface area contributed by atoms with Gasteiger partial charge in [0.1, 0.15) is 5.76 Å². The molecule has 3 N–H and O–H groups in total. The van der Waals surface area contributed by atoms with E-state index in [-0.39, 0.29) is 11.8 Å². The Morgan fingerprint density at radius 1 is 1.11 bits per heavy atom. The van der Waals surface area contributed by atoms with Crippen LogP contribution in [-0.2, 0) is 20.9 Å². The summed E-state index contributed by atoms with van der Waals surface area (Å²) >= 11 is 0. The van der Waals surface area contributed by atoms with Gasteiger partial charge < -0.3 is 24.8 Å². The molecular weight excluding hydrogens is 364 g/mol. The number of amides is 1. The Labute approximate surface area is 164 Å². The SMILES string of the molecule is O=C(NCc1ccco1)C1CCN(CC2CC=CCC2)CC1.O=C(O)C(=O)O. The number of nitrogens with one attached hydrogen (secondary N) is 1. The Bertz CT molecular complexity index is 650. The van der Waals surface area contributed by atoms with Crippen molar-refractivity contribution in [2.24, 2.45) is 11.8 Å². The lowest BCUT2D eigenvalue weighted by atomic mass is 9.91. The third-order valence-corrected chi connectivity index (χ3v) is 5.05. The minimum Gasteiger partial charge on any atom is -0.473 e. The molecule has 8 heteroatoms.